The normalized spacial score (nSPS) is 23.8. The summed E-state index contributed by atoms with van der Waals surface area (Å²) in [5.41, 5.74) is 1.74. The second-order valence-corrected chi connectivity index (χ2v) is 7.95. The molecule has 0 bridgehead atoms. The van der Waals surface area contributed by atoms with Gasteiger partial charge in [-0.15, -0.1) is 0 Å². The Hall–Kier alpha value is -2.11. The van der Waals surface area contributed by atoms with Crippen molar-refractivity contribution in [1.82, 2.24) is 4.98 Å². The molecule has 2 aliphatic rings. The molecule has 140 valence electrons. The molecule has 27 heavy (non-hydrogen) atoms. The molecule has 0 radical (unpaired) electrons. The second kappa shape index (κ2) is 6.80. The molecule has 4 rings (SSSR count). The number of carbonyl (C=O) groups excluding carboxylic acids is 2. The number of halogens is 2. The molecule has 1 N–H and O–H groups in total. The van der Waals surface area contributed by atoms with Gasteiger partial charge in [0.05, 0.1) is 10.4 Å². The van der Waals surface area contributed by atoms with Gasteiger partial charge >= 0.3 is 0 Å². The van der Waals surface area contributed by atoms with Crippen molar-refractivity contribution >= 4 is 40.6 Å². The van der Waals surface area contributed by atoms with E-state index in [0.717, 1.165) is 11.3 Å². The van der Waals surface area contributed by atoms with Gasteiger partial charge in [-0.25, -0.2) is 4.98 Å². The highest BCUT2D eigenvalue weighted by atomic mass is 35.5. The maximum atomic E-state index is 12.8. The molecule has 1 aromatic heterocycles. The third-order valence-electron chi connectivity index (χ3n) is 5.46. The number of amides is 1. The summed E-state index contributed by atoms with van der Waals surface area (Å²) < 4.78 is 5.94. The molecule has 1 fully saturated rings. The first kappa shape index (κ1) is 18.3. The van der Waals surface area contributed by atoms with Crippen molar-refractivity contribution in [3.8, 4) is 5.88 Å². The van der Waals surface area contributed by atoms with Gasteiger partial charge in [0.1, 0.15) is 11.1 Å². The van der Waals surface area contributed by atoms with Crippen LogP contribution in [0.5, 0.6) is 5.88 Å². The summed E-state index contributed by atoms with van der Waals surface area (Å²) in [7, 11) is 0. The Bertz CT molecular complexity index is 937. The molecule has 1 aliphatic carbocycles. The number of pyridine rings is 1. The van der Waals surface area contributed by atoms with Crippen molar-refractivity contribution in [3.63, 3.8) is 0 Å². The van der Waals surface area contributed by atoms with E-state index in [2.05, 4.69) is 10.3 Å². The average Bonchev–Trinajstić information content (AvgIpc) is 2.90. The Morgan fingerprint density at radius 2 is 2.00 bits per heavy atom. The third-order valence-corrected chi connectivity index (χ3v) is 5.94. The standard InChI is InChI=1S/C20H18Cl2N2O3/c1-11(25)12-2-3-17-15(8-12)20(19(26)24-17)6-4-14(5-7-20)27-18-16(22)9-13(21)10-23-18/h2-3,8-10,14H,4-7H2,1H3,(H,24,26). The number of hydrogen-bond donors (Lipinski definition) is 1. The van der Waals surface area contributed by atoms with Gasteiger partial charge < -0.3 is 10.1 Å². The molecule has 1 spiro atoms. The zero-order valence-electron chi connectivity index (χ0n) is 14.7. The van der Waals surface area contributed by atoms with E-state index in [0.29, 0.717) is 47.2 Å². The third kappa shape index (κ3) is 3.19. The molecule has 0 saturated heterocycles. The number of nitrogens with one attached hydrogen (secondary N) is 1. The van der Waals surface area contributed by atoms with Gasteiger partial charge in [-0.3, -0.25) is 9.59 Å². The van der Waals surface area contributed by atoms with Crippen LogP contribution < -0.4 is 10.1 Å². The Morgan fingerprint density at radius 1 is 1.26 bits per heavy atom. The van der Waals surface area contributed by atoms with Crippen LogP contribution in [0.15, 0.2) is 30.5 Å². The van der Waals surface area contributed by atoms with Crippen LogP contribution in [0.1, 0.15) is 48.5 Å². The SMILES string of the molecule is CC(=O)c1ccc2c(c1)C1(CCC(Oc3ncc(Cl)cc3Cl)CC1)C(=O)N2. The van der Waals surface area contributed by atoms with E-state index >= 15 is 0 Å². The summed E-state index contributed by atoms with van der Waals surface area (Å²) in [4.78, 5) is 28.7. The zero-order chi connectivity index (χ0) is 19.2. The van der Waals surface area contributed by atoms with Crippen molar-refractivity contribution in [3.05, 3.63) is 51.6 Å². The lowest BCUT2D eigenvalue weighted by Gasteiger charge is -2.35. The molecular formula is C20H18Cl2N2O3. The molecule has 0 unspecified atom stereocenters. The van der Waals surface area contributed by atoms with Crippen molar-refractivity contribution in [1.29, 1.82) is 0 Å². The van der Waals surface area contributed by atoms with Gasteiger partial charge in [-0.2, -0.15) is 0 Å². The van der Waals surface area contributed by atoms with Gasteiger partial charge in [0, 0.05) is 17.4 Å². The molecule has 1 aliphatic heterocycles. The summed E-state index contributed by atoms with van der Waals surface area (Å²) in [5.74, 6) is 0.351. The van der Waals surface area contributed by atoms with Gasteiger partial charge in [0.25, 0.3) is 0 Å². The van der Waals surface area contributed by atoms with Crippen molar-refractivity contribution in [2.24, 2.45) is 0 Å². The number of benzene rings is 1. The lowest BCUT2D eigenvalue weighted by atomic mass is 9.69. The van der Waals surface area contributed by atoms with Crippen LogP contribution in [0.25, 0.3) is 0 Å². The number of hydrogen-bond acceptors (Lipinski definition) is 4. The van der Waals surface area contributed by atoms with Crippen LogP contribution in [0.4, 0.5) is 5.69 Å². The molecule has 0 atom stereocenters. The fourth-order valence-electron chi connectivity index (χ4n) is 3.98. The van der Waals surface area contributed by atoms with E-state index < -0.39 is 5.41 Å². The van der Waals surface area contributed by atoms with Crippen molar-refractivity contribution < 1.29 is 14.3 Å². The van der Waals surface area contributed by atoms with Crippen LogP contribution in [0.3, 0.4) is 0 Å². The molecule has 1 amide bonds. The van der Waals surface area contributed by atoms with Crippen LogP contribution >= 0.6 is 23.2 Å². The highest BCUT2D eigenvalue weighted by Gasteiger charge is 2.49. The smallest absolute Gasteiger partial charge is 0.235 e. The molecule has 2 heterocycles. The van der Waals surface area contributed by atoms with Crippen molar-refractivity contribution in [2.45, 2.75) is 44.1 Å². The van der Waals surface area contributed by atoms with Crippen LogP contribution in [-0.4, -0.2) is 22.8 Å². The van der Waals surface area contributed by atoms with Crippen LogP contribution in [0.2, 0.25) is 10.0 Å². The molecule has 1 saturated carbocycles. The predicted octanol–water partition coefficient (Wildman–Crippen LogP) is 4.80. The number of ketones is 1. The molecule has 1 aromatic carbocycles. The van der Waals surface area contributed by atoms with E-state index in [1.807, 2.05) is 12.1 Å². The maximum absolute atomic E-state index is 12.8. The van der Waals surface area contributed by atoms with Gasteiger partial charge in [-0.1, -0.05) is 23.2 Å². The number of nitrogens with zero attached hydrogens (tertiary/aromatic N) is 1. The minimum absolute atomic E-state index is 0.000646. The monoisotopic (exact) mass is 404 g/mol. The largest absolute Gasteiger partial charge is 0.473 e. The summed E-state index contributed by atoms with van der Waals surface area (Å²) in [6.07, 6.45) is 4.09. The average molecular weight is 405 g/mol. The topological polar surface area (TPSA) is 68.3 Å². The number of aromatic nitrogens is 1. The fraction of sp³-hybridized carbons (Fsp3) is 0.350. The Morgan fingerprint density at radius 3 is 2.67 bits per heavy atom. The first-order valence-corrected chi connectivity index (χ1v) is 9.59. The van der Waals surface area contributed by atoms with E-state index in [1.165, 1.54) is 13.1 Å². The van der Waals surface area contributed by atoms with Crippen LogP contribution in [0, 0.1) is 0 Å². The van der Waals surface area contributed by atoms with Gasteiger partial charge in [-0.05, 0) is 62.4 Å². The fourth-order valence-corrected chi connectivity index (χ4v) is 4.40. The van der Waals surface area contributed by atoms with Crippen molar-refractivity contribution in [2.75, 3.05) is 5.32 Å². The number of rotatable bonds is 3. The minimum atomic E-state index is -0.599. The lowest BCUT2D eigenvalue weighted by Crippen LogP contribution is -2.41. The quantitative estimate of drug-likeness (QED) is 0.745. The van der Waals surface area contributed by atoms with E-state index in [1.54, 1.807) is 12.1 Å². The first-order chi connectivity index (χ1) is 12.9. The zero-order valence-corrected chi connectivity index (χ0v) is 16.2. The maximum Gasteiger partial charge on any atom is 0.235 e. The van der Waals surface area contributed by atoms with E-state index in [9.17, 15) is 9.59 Å². The van der Waals surface area contributed by atoms with Crippen LogP contribution in [-0.2, 0) is 10.2 Å². The van der Waals surface area contributed by atoms with E-state index in [-0.39, 0.29) is 17.8 Å². The minimum Gasteiger partial charge on any atom is -0.473 e. The summed E-state index contributed by atoms with van der Waals surface area (Å²) >= 11 is 12.0. The lowest BCUT2D eigenvalue weighted by molar-refractivity contribution is -0.122. The highest BCUT2D eigenvalue weighted by Crippen LogP contribution is 2.48. The predicted molar refractivity (Wildman–Crippen MR) is 104 cm³/mol. The molecular weight excluding hydrogens is 387 g/mol. The molecule has 2 aromatic rings. The summed E-state index contributed by atoms with van der Waals surface area (Å²) in [5, 5.41) is 3.79. The van der Waals surface area contributed by atoms with E-state index in [4.69, 9.17) is 27.9 Å². The summed E-state index contributed by atoms with van der Waals surface area (Å²) in [6, 6.07) is 7.02. The number of fused-ring (bicyclic) bond motifs is 2. The number of carbonyl (C=O) groups is 2. The molecule has 7 heteroatoms. The number of anilines is 1. The second-order valence-electron chi connectivity index (χ2n) is 7.11. The Labute approximate surface area is 167 Å². The van der Waals surface area contributed by atoms with Gasteiger partial charge in [0.15, 0.2) is 5.78 Å². The number of Topliss-reactive ketones (excluding diaryl/α,β-unsaturated/α-hetero) is 1. The Kier molecular flexibility index (Phi) is 4.60. The molecule has 5 nitrogen and oxygen atoms in total. The number of ether oxygens (including phenoxy) is 1. The van der Waals surface area contributed by atoms with Gasteiger partial charge in [0.2, 0.25) is 11.8 Å². The summed E-state index contributed by atoms with van der Waals surface area (Å²) in [6.45, 7) is 1.53. The highest BCUT2D eigenvalue weighted by molar-refractivity contribution is 6.35. The first-order valence-electron chi connectivity index (χ1n) is 8.84. The Balaban J connectivity index is 1.54.